The van der Waals surface area contributed by atoms with Crippen LogP contribution < -0.4 is 21.9 Å². The summed E-state index contributed by atoms with van der Waals surface area (Å²) in [5.41, 5.74) is 0.711. The highest BCUT2D eigenvalue weighted by Crippen LogP contribution is 2.10. The molecule has 0 aliphatic carbocycles. The normalized spacial score (nSPS) is 10.9. The number of benzene rings is 1. The van der Waals surface area contributed by atoms with Gasteiger partial charge in [-0.3, -0.25) is 18.7 Å². The molecule has 0 saturated carbocycles. The Labute approximate surface area is 187 Å². The van der Waals surface area contributed by atoms with Crippen molar-refractivity contribution in [1.29, 1.82) is 0 Å². The van der Waals surface area contributed by atoms with Crippen LogP contribution in [-0.4, -0.2) is 32.1 Å². The first-order valence-electron chi connectivity index (χ1n) is 10.1. The molecule has 0 aliphatic rings. The van der Waals surface area contributed by atoms with E-state index >= 15 is 0 Å². The Morgan fingerprint density at radius 3 is 2.55 bits per heavy atom. The second-order valence-electron chi connectivity index (χ2n) is 7.43. The van der Waals surface area contributed by atoms with Gasteiger partial charge in [-0.1, -0.05) is 12.1 Å². The van der Waals surface area contributed by atoms with E-state index in [9.17, 15) is 18.8 Å². The summed E-state index contributed by atoms with van der Waals surface area (Å²) >= 11 is 0. The minimum absolute atomic E-state index is 0.0264. The summed E-state index contributed by atoms with van der Waals surface area (Å²) in [6.45, 7) is 0.221. The molecule has 2 N–H and O–H groups in total. The monoisotopic (exact) mass is 448 g/mol. The van der Waals surface area contributed by atoms with Gasteiger partial charge in [0.15, 0.2) is 0 Å². The fourth-order valence-electron chi connectivity index (χ4n) is 3.43. The van der Waals surface area contributed by atoms with Crippen LogP contribution >= 0.6 is 0 Å². The Hall–Kier alpha value is -4.34. The topological polar surface area (TPSA) is 111 Å². The van der Waals surface area contributed by atoms with Crippen LogP contribution in [0, 0.1) is 5.82 Å². The highest BCUT2D eigenvalue weighted by Gasteiger charge is 2.15. The molecule has 0 unspecified atom stereocenters. The van der Waals surface area contributed by atoms with Crippen LogP contribution in [0.2, 0.25) is 0 Å². The summed E-state index contributed by atoms with van der Waals surface area (Å²) in [6.07, 6.45) is 2.96. The number of carbonyl (C=O) groups is 1. The second-order valence-corrected chi connectivity index (χ2v) is 7.43. The maximum Gasteiger partial charge on any atom is 0.331 e. The van der Waals surface area contributed by atoms with Gasteiger partial charge in [0, 0.05) is 26.8 Å². The number of aromatic nitrogens is 4. The highest BCUT2D eigenvalue weighted by molar-refractivity contribution is 5.95. The van der Waals surface area contributed by atoms with E-state index in [0.717, 1.165) is 10.1 Å². The number of carbonyl (C=O) groups excluding carboxylic acids is 1. The summed E-state index contributed by atoms with van der Waals surface area (Å²) in [5, 5.41) is 5.88. The molecule has 3 heterocycles. The standard InChI is InChI=1S/C23H21FN6O3/c1-25-20-9-15(7-8-26-20)11-28-21(31)18-10-17-19(12-27-18)29(2)23(33)30(22(17)32)13-14-3-5-16(24)6-4-14/h3-10,12H,11,13H2,1-2H3,(H,25,26)(H,28,31). The fraction of sp³-hybridized carbons (Fsp3) is 0.174. The predicted molar refractivity (Wildman–Crippen MR) is 122 cm³/mol. The average molecular weight is 448 g/mol. The SMILES string of the molecule is CNc1cc(CNC(=O)c2cc3c(=O)n(Cc4ccc(F)cc4)c(=O)n(C)c3cn2)ccn1. The van der Waals surface area contributed by atoms with Crippen LogP contribution in [0.15, 0.2) is 64.4 Å². The van der Waals surface area contributed by atoms with E-state index in [0.29, 0.717) is 16.9 Å². The molecule has 1 amide bonds. The van der Waals surface area contributed by atoms with Crippen molar-refractivity contribution in [3.63, 3.8) is 0 Å². The Kier molecular flexibility index (Phi) is 5.99. The minimum atomic E-state index is -0.554. The third-order valence-electron chi connectivity index (χ3n) is 5.26. The molecular weight excluding hydrogens is 427 g/mol. The van der Waals surface area contributed by atoms with E-state index in [1.807, 2.05) is 0 Å². The van der Waals surface area contributed by atoms with Crippen molar-refractivity contribution < 1.29 is 9.18 Å². The van der Waals surface area contributed by atoms with E-state index in [1.54, 1.807) is 25.4 Å². The molecule has 10 heteroatoms. The molecule has 4 aromatic rings. The molecular formula is C23H21FN6O3. The van der Waals surface area contributed by atoms with Crippen LogP contribution in [0.3, 0.4) is 0 Å². The van der Waals surface area contributed by atoms with Crippen molar-refractivity contribution in [2.75, 3.05) is 12.4 Å². The van der Waals surface area contributed by atoms with Gasteiger partial charge >= 0.3 is 5.69 Å². The Balaban J connectivity index is 1.65. The lowest BCUT2D eigenvalue weighted by Crippen LogP contribution is -2.39. The molecule has 1 aromatic carbocycles. The number of fused-ring (bicyclic) bond motifs is 1. The van der Waals surface area contributed by atoms with Crippen molar-refractivity contribution in [3.05, 3.63) is 98.3 Å². The minimum Gasteiger partial charge on any atom is -0.373 e. The molecule has 0 bridgehead atoms. The van der Waals surface area contributed by atoms with E-state index in [2.05, 4.69) is 20.6 Å². The third kappa shape index (κ3) is 4.49. The van der Waals surface area contributed by atoms with Crippen molar-refractivity contribution >= 4 is 22.6 Å². The first-order valence-corrected chi connectivity index (χ1v) is 10.1. The van der Waals surface area contributed by atoms with E-state index in [1.165, 1.54) is 48.1 Å². The molecule has 0 spiro atoms. The van der Waals surface area contributed by atoms with Gasteiger partial charge in [-0.05, 0) is 41.5 Å². The molecule has 4 rings (SSSR count). The molecule has 0 saturated heterocycles. The summed E-state index contributed by atoms with van der Waals surface area (Å²) in [7, 11) is 3.27. The van der Waals surface area contributed by atoms with Gasteiger partial charge in [0.05, 0.1) is 23.6 Å². The van der Waals surface area contributed by atoms with Gasteiger partial charge < -0.3 is 10.6 Å². The Morgan fingerprint density at radius 2 is 1.82 bits per heavy atom. The number of pyridine rings is 2. The Morgan fingerprint density at radius 1 is 1.06 bits per heavy atom. The molecule has 0 aliphatic heterocycles. The first kappa shape index (κ1) is 21.9. The van der Waals surface area contributed by atoms with Crippen molar-refractivity contribution in [3.8, 4) is 0 Å². The number of nitrogens with zero attached hydrogens (tertiary/aromatic N) is 4. The van der Waals surface area contributed by atoms with Crippen molar-refractivity contribution in [2.24, 2.45) is 7.05 Å². The lowest BCUT2D eigenvalue weighted by atomic mass is 10.2. The molecule has 0 fully saturated rings. The van der Waals surface area contributed by atoms with Crippen LogP contribution in [0.5, 0.6) is 0 Å². The lowest BCUT2D eigenvalue weighted by molar-refractivity contribution is 0.0946. The van der Waals surface area contributed by atoms with Gasteiger partial charge in [0.2, 0.25) is 0 Å². The zero-order chi connectivity index (χ0) is 23.5. The second kappa shape index (κ2) is 9.03. The lowest BCUT2D eigenvalue weighted by Gasteiger charge is -2.12. The van der Waals surface area contributed by atoms with Gasteiger partial charge in [-0.15, -0.1) is 0 Å². The van der Waals surface area contributed by atoms with Gasteiger partial charge in [-0.2, -0.15) is 0 Å². The van der Waals surface area contributed by atoms with E-state index in [-0.39, 0.29) is 24.2 Å². The van der Waals surface area contributed by atoms with Crippen LogP contribution in [0.25, 0.3) is 10.9 Å². The fourth-order valence-corrected chi connectivity index (χ4v) is 3.43. The molecule has 0 radical (unpaired) electrons. The highest BCUT2D eigenvalue weighted by atomic mass is 19.1. The summed E-state index contributed by atoms with van der Waals surface area (Å²) in [5.74, 6) is -0.195. The maximum atomic E-state index is 13.2. The Bertz CT molecular complexity index is 1460. The predicted octanol–water partition coefficient (Wildman–Crippen LogP) is 1.65. The van der Waals surface area contributed by atoms with Crippen molar-refractivity contribution in [2.45, 2.75) is 13.1 Å². The first-order chi connectivity index (χ1) is 15.9. The average Bonchev–Trinajstić information content (AvgIpc) is 2.84. The molecule has 33 heavy (non-hydrogen) atoms. The molecule has 168 valence electrons. The van der Waals surface area contributed by atoms with E-state index < -0.39 is 23.0 Å². The quantitative estimate of drug-likeness (QED) is 0.464. The molecule has 3 aromatic heterocycles. The molecule has 9 nitrogen and oxygen atoms in total. The van der Waals surface area contributed by atoms with E-state index in [4.69, 9.17) is 0 Å². The summed E-state index contributed by atoms with van der Waals surface area (Å²) in [4.78, 5) is 46.8. The third-order valence-corrected chi connectivity index (χ3v) is 5.26. The summed E-state index contributed by atoms with van der Waals surface area (Å²) in [6, 6.07) is 10.5. The van der Waals surface area contributed by atoms with Crippen LogP contribution in [-0.2, 0) is 20.1 Å². The van der Waals surface area contributed by atoms with Gasteiger partial charge in [0.1, 0.15) is 17.3 Å². The number of rotatable bonds is 6. The molecule has 0 atom stereocenters. The number of halogens is 1. The van der Waals surface area contributed by atoms with Gasteiger partial charge in [0.25, 0.3) is 11.5 Å². The van der Waals surface area contributed by atoms with Crippen LogP contribution in [0.4, 0.5) is 10.2 Å². The number of anilines is 1. The number of aryl methyl sites for hydroxylation is 1. The zero-order valence-electron chi connectivity index (χ0n) is 18.0. The smallest absolute Gasteiger partial charge is 0.331 e. The maximum absolute atomic E-state index is 13.2. The largest absolute Gasteiger partial charge is 0.373 e. The van der Waals surface area contributed by atoms with Crippen LogP contribution in [0.1, 0.15) is 21.6 Å². The van der Waals surface area contributed by atoms with Crippen molar-refractivity contribution in [1.82, 2.24) is 24.4 Å². The summed E-state index contributed by atoms with van der Waals surface area (Å²) < 4.78 is 15.5. The number of hydrogen-bond acceptors (Lipinski definition) is 6. The number of nitrogens with one attached hydrogen (secondary N) is 2. The van der Waals surface area contributed by atoms with Gasteiger partial charge in [-0.25, -0.2) is 19.2 Å². The zero-order valence-corrected chi connectivity index (χ0v) is 18.0. The number of hydrogen-bond donors (Lipinski definition) is 2. The number of amides is 1.